The maximum absolute atomic E-state index is 12.7. The average molecular weight is 350 g/mol. The van der Waals surface area contributed by atoms with Crippen molar-refractivity contribution in [1.29, 1.82) is 0 Å². The maximum atomic E-state index is 12.7. The van der Waals surface area contributed by atoms with Crippen molar-refractivity contribution < 1.29 is 9.72 Å². The van der Waals surface area contributed by atoms with Gasteiger partial charge in [0, 0.05) is 18.3 Å². The number of benzene rings is 2. The molecule has 1 amide bonds. The molecule has 0 spiro atoms. The van der Waals surface area contributed by atoms with Crippen LogP contribution >= 0.6 is 0 Å². The normalized spacial score (nSPS) is 18.2. The average Bonchev–Trinajstić information content (AvgIpc) is 2.94. The summed E-state index contributed by atoms with van der Waals surface area (Å²) in [5.74, 6) is -0.753. The Morgan fingerprint density at radius 2 is 1.85 bits per heavy atom. The molecule has 3 rings (SSSR count). The van der Waals surface area contributed by atoms with E-state index in [1.807, 2.05) is 37.3 Å². The highest BCUT2D eigenvalue weighted by Crippen LogP contribution is 2.26. The van der Waals surface area contributed by atoms with Crippen molar-refractivity contribution in [3.8, 4) is 0 Å². The first-order chi connectivity index (χ1) is 12.5. The first kappa shape index (κ1) is 17.5. The fourth-order valence-electron chi connectivity index (χ4n) is 2.68. The third-order valence-corrected chi connectivity index (χ3v) is 4.23. The molecule has 132 valence electrons. The largest absolute Gasteiger partial charge is 0.289 e. The molecule has 0 saturated carbocycles. The van der Waals surface area contributed by atoms with Crippen LogP contribution in [0.1, 0.15) is 25.5 Å². The maximum Gasteiger partial charge on any atom is 0.269 e. The van der Waals surface area contributed by atoms with Crippen LogP contribution in [0.15, 0.2) is 64.7 Å². The van der Waals surface area contributed by atoms with Crippen LogP contribution in [0.4, 0.5) is 11.4 Å². The van der Waals surface area contributed by atoms with Crippen molar-refractivity contribution in [2.75, 3.05) is 5.01 Å². The Hall–Kier alpha value is -3.35. The van der Waals surface area contributed by atoms with Gasteiger partial charge in [-0.3, -0.25) is 19.9 Å². The number of nitro benzene ring substituents is 1. The second kappa shape index (κ2) is 7.26. The van der Waals surface area contributed by atoms with E-state index in [2.05, 4.69) is 10.1 Å². The molecular formula is C19H18N4O3. The van der Waals surface area contributed by atoms with Crippen LogP contribution in [0.3, 0.4) is 0 Å². The first-order valence-corrected chi connectivity index (χ1v) is 8.19. The zero-order valence-corrected chi connectivity index (χ0v) is 14.4. The number of nitrogens with zero attached hydrogens (tertiary/aromatic N) is 4. The van der Waals surface area contributed by atoms with Crippen molar-refractivity contribution in [3.05, 3.63) is 70.3 Å². The summed E-state index contributed by atoms with van der Waals surface area (Å²) in [6, 6.07) is 15.5. The van der Waals surface area contributed by atoms with Crippen LogP contribution in [-0.4, -0.2) is 22.8 Å². The second-order valence-corrected chi connectivity index (χ2v) is 6.03. The van der Waals surface area contributed by atoms with Gasteiger partial charge in [0.25, 0.3) is 11.6 Å². The number of carbonyl (C=O) groups is 1. The van der Waals surface area contributed by atoms with E-state index < -0.39 is 10.8 Å². The van der Waals surface area contributed by atoms with Gasteiger partial charge in [-0.25, -0.2) is 0 Å². The number of non-ortho nitro benzene ring substituents is 1. The minimum absolute atomic E-state index is 0.0316. The number of hydrazone groups is 1. The zero-order chi connectivity index (χ0) is 18.7. The molecule has 0 radical (unpaired) electrons. The standard InChI is InChI=1S/C19H18N4O3/c1-13(15-6-4-3-5-7-15)20-12-18-14(2)21-22(19(18)24)16-8-10-17(11-9-16)23(25)26/h3-13,18H,1-2H3/t13-,18-/m0/s1. The Morgan fingerprint density at radius 3 is 2.46 bits per heavy atom. The molecule has 1 heterocycles. The van der Waals surface area contributed by atoms with Crippen molar-refractivity contribution in [2.24, 2.45) is 16.0 Å². The van der Waals surface area contributed by atoms with E-state index in [1.54, 1.807) is 13.1 Å². The Labute approximate surface area is 150 Å². The summed E-state index contributed by atoms with van der Waals surface area (Å²) in [5, 5.41) is 16.3. The lowest BCUT2D eigenvalue weighted by atomic mass is 10.1. The molecule has 26 heavy (non-hydrogen) atoms. The van der Waals surface area contributed by atoms with Gasteiger partial charge < -0.3 is 0 Å². The number of anilines is 1. The molecule has 0 aromatic heterocycles. The highest BCUT2D eigenvalue weighted by Gasteiger charge is 2.33. The molecule has 0 fully saturated rings. The third-order valence-electron chi connectivity index (χ3n) is 4.23. The fraction of sp³-hybridized carbons (Fsp3) is 0.211. The molecule has 0 saturated heterocycles. The minimum atomic E-state index is -0.531. The summed E-state index contributed by atoms with van der Waals surface area (Å²) in [5.41, 5.74) is 2.16. The molecule has 0 N–H and O–H groups in total. The topological polar surface area (TPSA) is 88.2 Å². The first-order valence-electron chi connectivity index (χ1n) is 8.19. The Morgan fingerprint density at radius 1 is 1.19 bits per heavy atom. The quantitative estimate of drug-likeness (QED) is 0.467. The lowest BCUT2D eigenvalue weighted by Gasteiger charge is -2.13. The van der Waals surface area contributed by atoms with E-state index in [0.717, 1.165) is 5.56 Å². The second-order valence-electron chi connectivity index (χ2n) is 6.03. The van der Waals surface area contributed by atoms with Crippen molar-refractivity contribution in [1.82, 2.24) is 0 Å². The molecule has 2 aromatic carbocycles. The molecule has 1 aliphatic heterocycles. The van der Waals surface area contributed by atoms with Crippen molar-refractivity contribution in [3.63, 3.8) is 0 Å². The summed E-state index contributed by atoms with van der Waals surface area (Å²) >= 11 is 0. The predicted molar refractivity (Wildman–Crippen MR) is 101 cm³/mol. The van der Waals surface area contributed by atoms with E-state index in [1.165, 1.54) is 29.3 Å². The van der Waals surface area contributed by atoms with Crippen molar-refractivity contribution in [2.45, 2.75) is 19.9 Å². The smallest absolute Gasteiger partial charge is 0.269 e. The number of carbonyl (C=O) groups excluding carboxylic acids is 1. The summed E-state index contributed by atoms with van der Waals surface area (Å²) in [4.78, 5) is 27.4. The molecule has 1 aliphatic rings. The Bertz CT molecular complexity index is 875. The Balaban J connectivity index is 1.75. The lowest BCUT2D eigenvalue weighted by molar-refractivity contribution is -0.384. The molecule has 2 aromatic rings. The summed E-state index contributed by atoms with van der Waals surface area (Å²) in [7, 11) is 0. The number of hydrogen-bond donors (Lipinski definition) is 0. The fourth-order valence-corrected chi connectivity index (χ4v) is 2.68. The number of aliphatic imine (C=N–C) groups is 1. The molecule has 2 atom stereocenters. The zero-order valence-electron chi connectivity index (χ0n) is 14.4. The van der Waals surface area contributed by atoms with Gasteiger partial charge in [-0.05, 0) is 31.5 Å². The highest BCUT2D eigenvalue weighted by molar-refractivity contribution is 6.23. The van der Waals surface area contributed by atoms with Gasteiger partial charge in [-0.15, -0.1) is 0 Å². The molecule has 7 heteroatoms. The van der Waals surface area contributed by atoms with E-state index in [-0.39, 0.29) is 17.6 Å². The van der Waals surface area contributed by atoms with Crippen LogP contribution in [0.5, 0.6) is 0 Å². The minimum Gasteiger partial charge on any atom is -0.289 e. The predicted octanol–water partition coefficient (Wildman–Crippen LogP) is 3.77. The molecule has 0 bridgehead atoms. The lowest BCUT2D eigenvalue weighted by Crippen LogP contribution is -2.28. The van der Waals surface area contributed by atoms with Crippen LogP contribution in [0, 0.1) is 16.0 Å². The monoisotopic (exact) mass is 350 g/mol. The van der Waals surface area contributed by atoms with Gasteiger partial charge in [0.1, 0.15) is 5.92 Å². The van der Waals surface area contributed by atoms with Crippen LogP contribution in [-0.2, 0) is 4.79 Å². The summed E-state index contributed by atoms with van der Waals surface area (Å²) in [6.45, 7) is 3.74. The van der Waals surface area contributed by atoms with Crippen LogP contribution in [0.25, 0.3) is 0 Å². The molecule has 7 nitrogen and oxygen atoms in total. The summed E-state index contributed by atoms with van der Waals surface area (Å²) in [6.07, 6.45) is 1.63. The van der Waals surface area contributed by atoms with Crippen LogP contribution < -0.4 is 5.01 Å². The number of nitro groups is 1. The molecular weight excluding hydrogens is 332 g/mol. The number of hydrogen-bond acceptors (Lipinski definition) is 5. The molecule has 0 unspecified atom stereocenters. The van der Waals surface area contributed by atoms with E-state index in [4.69, 9.17) is 0 Å². The third kappa shape index (κ3) is 3.51. The van der Waals surface area contributed by atoms with E-state index in [0.29, 0.717) is 11.4 Å². The van der Waals surface area contributed by atoms with Gasteiger partial charge in [-0.1, -0.05) is 30.3 Å². The summed E-state index contributed by atoms with van der Waals surface area (Å²) < 4.78 is 0. The Kier molecular flexibility index (Phi) is 4.88. The van der Waals surface area contributed by atoms with Gasteiger partial charge in [-0.2, -0.15) is 10.1 Å². The molecule has 0 aliphatic carbocycles. The number of amides is 1. The highest BCUT2D eigenvalue weighted by atomic mass is 16.6. The number of rotatable bonds is 5. The van der Waals surface area contributed by atoms with Crippen LogP contribution in [0.2, 0.25) is 0 Å². The van der Waals surface area contributed by atoms with E-state index >= 15 is 0 Å². The SMILES string of the molecule is CC1=NN(c2ccc([N+](=O)[O-])cc2)C(=O)[C@H]1C=N[C@@H](C)c1ccccc1. The van der Waals surface area contributed by atoms with Gasteiger partial charge in [0.05, 0.1) is 22.4 Å². The van der Waals surface area contributed by atoms with Gasteiger partial charge in [0.2, 0.25) is 0 Å². The van der Waals surface area contributed by atoms with E-state index in [9.17, 15) is 14.9 Å². The van der Waals surface area contributed by atoms with Gasteiger partial charge in [0.15, 0.2) is 0 Å². The van der Waals surface area contributed by atoms with Gasteiger partial charge >= 0.3 is 0 Å². The van der Waals surface area contributed by atoms with Crippen molar-refractivity contribution >= 4 is 29.2 Å².